The number of aliphatic hydroxyl groups excluding tert-OH is 1. The molecule has 2 aromatic heterocycles. The highest BCUT2D eigenvalue weighted by molar-refractivity contribution is 5.73. The molecule has 10 nitrogen and oxygen atoms in total. The molecule has 3 rings (SSSR count). The zero-order chi connectivity index (χ0) is 18.5. The van der Waals surface area contributed by atoms with Crippen LogP contribution in [0.1, 0.15) is 32.1 Å². The highest BCUT2D eigenvalue weighted by Crippen LogP contribution is 2.23. The van der Waals surface area contributed by atoms with E-state index in [1.165, 1.54) is 36.7 Å². The highest BCUT2D eigenvalue weighted by Gasteiger charge is 2.17. The molecule has 0 spiro atoms. The maximum Gasteiger partial charge on any atom is 0.280 e. The number of nitrogens with zero attached hydrogens (tertiary/aromatic N) is 3. The third-order valence-corrected chi connectivity index (χ3v) is 4.68. The number of fused-ring (bicyclic) bond motifs is 1. The first-order valence-corrected chi connectivity index (χ1v) is 8.90. The smallest absolute Gasteiger partial charge is 0.280 e. The van der Waals surface area contributed by atoms with Gasteiger partial charge in [0.1, 0.15) is 12.8 Å². The molecule has 2 heterocycles. The van der Waals surface area contributed by atoms with Crippen molar-refractivity contribution in [2.45, 2.75) is 44.9 Å². The summed E-state index contributed by atoms with van der Waals surface area (Å²) in [6.45, 7) is 0.767. The standard InChI is InChI=1S/C16H26N6O4/c17-15-20-13-12(14(24)21-15)19-16(18)22(13)9-26-11(6-23)8-25-7-10-4-2-1-3-5-10/h10-11,23H,1-9H2,(H2,18,19)(H3,17,20,21,24). The zero-order valence-corrected chi connectivity index (χ0v) is 14.7. The second kappa shape index (κ2) is 8.47. The fourth-order valence-corrected chi connectivity index (χ4v) is 3.23. The average Bonchev–Trinajstić information content (AvgIpc) is 2.95. The largest absolute Gasteiger partial charge is 0.394 e. The van der Waals surface area contributed by atoms with E-state index < -0.39 is 11.7 Å². The maximum atomic E-state index is 11.8. The first kappa shape index (κ1) is 18.6. The SMILES string of the molecule is Nc1nc2c(nc(N)n2COC(CO)COCC2CCCCC2)c(=O)[nH]1. The van der Waals surface area contributed by atoms with Crippen LogP contribution in [0.5, 0.6) is 0 Å². The minimum Gasteiger partial charge on any atom is -0.394 e. The highest BCUT2D eigenvalue weighted by atomic mass is 16.5. The van der Waals surface area contributed by atoms with Gasteiger partial charge in [-0.15, -0.1) is 0 Å². The quantitative estimate of drug-likeness (QED) is 0.517. The molecular formula is C16H26N6O4. The summed E-state index contributed by atoms with van der Waals surface area (Å²) >= 11 is 0. The molecule has 10 heteroatoms. The van der Waals surface area contributed by atoms with Gasteiger partial charge in [-0.1, -0.05) is 19.3 Å². The Morgan fingerprint density at radius 1 is 1.27 bits per heavy atom. The van der Waals surface area contributed by atoms with Gasteiger partial charge >= 0.3 is 0 Å². The third-order valence-electron chi connectivity index (χ3n) is 4.68. The summed E-state index contributed by atoms with van der Waals surface area (Å²) in [7, 11) is 0. The van der Waals surface area contributed by atoms with Gasteiger partial charge in [0, 0.05) is 6.61 Å². The Labute approximate surface area is 150 Å². The first-order chi connectivity index (χ1) is 12.6. The van der Waals surface area contributed by atoms with Crippen LogP contribution in [0.2, 0.25) is 0 Å². The van der Waals surface area contributed by atoms with Crippen molar-refractivity contribution >= 4 is 23.1 Å². The molecule has 1 aliphatic rings. The summed E-state index contributed by atoms with van der Waals surface area (Å²) in [5.41, 5.74) is 11.3. The number of H-pyrrole nitrogens is 1. The number of aliphatic hydroxyl groups is 1. The fraction of sp³-hybridized carbons (Fsp3) is 0.688. The van der Waals surface area contributed by atoms with Gasteiger partial charge in [0.2, 0.25) is 11.9 Å². The van der Waals surface area contributed by atoms with E-state index >= 15 is 0 Å². The number of rotatable bonds is 8. The number of aromatic nitrogens is 4. The van der Waals surface area contributed by atoms with Crippen LogP contribution in [0.4, 0.5) is 11.9 Å². The van der Waals surface area contributed by atoms with Crippen molar-refractivity contribution in [3.05, 3.63) is 10.4 Å². The van der Waals surface area contributed by atoms with Gasteiger partial charge in [0.05, 0.1) is 13.2 Å². The minimum absolute atomic E-state index is 0.0176. The normalized spacial score (nSPS) is 17.0. The number of aromatic amines is 1. The van der Waals surface area contributed by atoms with E-state index in [1.54, 1.807) is 0 Å². The van der Waals surface area contributed by atoms with Gasteiger partial charge in [-0.3, -0.25) is 14.3 Å². The number of hydrogen-bond donors (Lipinski definition) is 4. The van der Waals surface area contributed by atoms with Gasteiger partial charge < -0.3 is 26.0 Å². The van der Waals surface area contributed by atoms with E-state index in [0.717, 1.165) is 0 Å². The van der Waals surface area contributed by atoms with Crippen LogP contribution in [-0.4, -0.2) is 50.6 Å². The number of nitrogens with one attached hydrogen (secondary N) is 1. The second-order valence-electron chi connectivity index (χ2n) is 6.66. The van der Waals surface area contributed by atoms with Crippen LogP contribution in [-0.2, 0) is 16.2 Å². The molecule has 1 aliphatic carbocycles. The molecule has 1 unspecified atom stereocenters. The van der Waals surface area contributed by atoms with Crippen molar-refractivity contribution in [2.24, 2.45) is 5.92 Å². The summed E-state index contributed by atoms with van der Waals surface area (Å²) in [4.78, 5) is 22.3. The molecule has 2 aromatic rings. The molecule has 0 aliphatic heterocycles. The second-order valence-corrected chi connectivity index (χ2v) is 6.66. The van der Waals surface area contributed by atoms with Crippen molar-refractivity contribution < 1.29 is 14.6 Å². The monoisotopic (exact) mass is 366 g/mol. The van der Waals surface area contributed by atoms with Crippen molar-refractivity contribution in [2.75, 3.05) is 31.3 Å². The van der Waals surface area contributed by atoms with Crippen molar-refractivity contribution in [1.29, 1.82) is 0 Å². The van der Waals surface area contributed by atoms with Crippen molar-refractivity contribution in [1.82, 2.24) is 19.5 Å². The van der Waals surface area contributed by atoms with Crippen molar-refractivity contribution in [3.8, 4) is 0 Å². The predicted molar refractivity (Wildman–Crippen MR) is 96.3 cm³/mol. The Morgan fingerprint density at radius 3 is 2.77 bits per heavy atom. The molecule has 6 N–H and O–H groups in total. The predicted octanol–water partition coefficient (Wildman–Crippen LogP) is 0.216. The van der Waals surface area contributed by atoms with E-state index in [2.05, 4.69) is 15.0 Å². The van der Waals surface area contributed by atoms with Crippen molar-refractivity contribution in [3.63, 3.8) is 0 Å². The van der Waals surface area contributed by atoms with Crippen LogP contribution in [0.25, 0.3) is 11.2 Å². The summed E-state index contributed by atoms with van der Waals surface area (Å²) in [5.74, 6) is 0.650. The van der Waals surface area contributed by atoms with Gasteiger partial charge in [-0.2, -0.15) is 4.98 Å². The number of nitrogen functional groups attached to an aromatic ring is 2. The number of hydrogen-bond acceptors (Lipinski definition) is 8. The topological polar surface area (TPSA) is 154 Å². The van der Waals surface area contributed by atoms with Gasteiger partial charge in [-0.25, -0.2) is 4.98 Å². The van der Waals surface area contributed by atoms with Gasteiger partial charge in [0.25, 0.3) is 5.56 Å². The lowest BCUT2D eigenvalue weighted by molar-refractivity contribution is -0.0718. The molecule has 1 fully saturated rings. The average molecular weight is 366 g/mol. The van der Waals surface area contributed by atoms with E-state index in [1.807, 2.05) is 0 Å². The summed E-state index contributed by atoms with van der Waals surface area (Å²) < 4.78 is 12.8. The number of ether oxygens (including phenoxy) is 2. The van der Waals surface area contributed by atoms with E-state index in [-0.39, 0.29) is 43.0 Å². The summed E-state index contributed by atoms with van der Waals surface area (Å²) in [5, 5.41) is 9.51. The lowest BCUT2D eigenvalue weighted by Gasteiger charge is -2.23. The molecular weight excluding hydrogens is 340 g/mol. The molecule has 1 saturated carbocycles. The van der Waals surface area contributed by atoms with E-state index in [0.29, 0.717) is 12.5 Å². The molecule has 0 bridgehead atoms. The molecule has 0 aromatic carbocycles. The van der Waals surface area contributed by atoms with Gasteiger partial charge in [0.15, 0.2) is 11.2 Å². The molecule has 0 amide bonds. The van der Waals surface area contributed by atoms with Crippen LogP contribution >= 0.6 is 0 Å². The lowest BCUT2D eigenvalue weighted by Crippen LogP contribution is -2.27. The number of anilines is 2. The molecule has 0 radical (unpaired) electrons. The Morgan fingerprint density at radius 2 is 2.04 bits per heavy atom. The molecule has 1 atom stereocenters. The molecule has 0 saturated heterocycles. The maximum absolute atomic E-state index is 11.8. The Balaban J connectivity index is 1.57. The Kier molecular flexibility index (Phi) is 6.07. The number of imidazole rings is 1. The minimum atomic E-state index is -0.505. The van der Waals surface area contributed by atoms with E-state index in [4.69, 9.17) is 20.9 Å². The Bertz CT molecular complexity index is 783. The fourth-order valence-electron chi connectivity index (χ4n) is 3.23. The van der Waals surface area contributed by atoms with E-state index in [9.17, 15) is 9.90 Å². The number of nitrogens with two attached hydrogens (primary N) is 2. The Hall–Kier alpha value is -2.17. The van der Waals surface area contributed by atoms with Crippen LogP contribution < -0.4 is 17.0 Å². The molecule has 26 heavy (non-hydrogen) atoms. The van der Waals surface area contributed by atoms with Crippen LogP contribution in [0, 0.1) is 5.92 Å². The lowest BCUT2D eigenvalue weighted by atomic mass is 9.90. The summed E-state index contributed by atoms with van der Waals surface area (Å²) in [6, 6.07) is 0. The van der Waals surface area contributed by atoms with Crippen LogP contribution in [0.3, 0.4) is 0 Å². The van der Waals surface area contributed by atoms with Crippen LogP contribution in [0.15, 0.2) is 4.79 Å². The zero-order valence-electron chi connectivity index (χ0n) is 14.7. The summed E-state index contributed by atoms with van der Waals surface area (Å²) in [6.07, 6.45) is 5.72. The third kappa shape index (κ3) is 4.32. The molecule has 144 valence electrons. The first-order valence-electron chi connectivity index (χ1n) is 8.90. The van der Waals surface area contributed by atoms with Gasteiger partial charge in [-0.05, 0) is 18.8 Å².